The maximum atomic E-state index is 5.35. The largest absolute Gasteiger partial charge is 0.339 e. The van der Waals surface area contributed by atoms with Gasteiger partial charge in [0, 0.05) is 5.92 Å². The SMILES string of the molecule is Cl.c1csc(-c2noc(C3CCNCC3)n2)c1. The zero-order valence-corrected chi connectivity index (χ0v) is 10.9. The monoisotopic (exact) mass is 271 g/mol. The molecular formula is C11H14ClN3OS. The van der Waals surface area contributed by atoms with Gasteiger partial charge < -0.3 is 9.84 Å². The van der Waals surface area contributed by atoms with Crippen LogP contribution in [-0.2, 0) is 0 Å². The highest BCUT2D eigenvalue weighted by Crippen LogP contribution is 2.27. The van der Waals surface area contributed by atoms with E-state index in [4.69, 9.17) is 4.52 Å². The zero-order valence-electron chi connectivity index (χ0n) is 9.26. The second kappa shape index (κ2) is 5.62. The molecule has 0 radical (unpaired) electrons. The van der Waals surface area contributed by atoms with E-state index in [1.807, 2.05) is 17.5 Å². The maximum Gasteiger partial charge on any atom is 0.230 e. The highest BCUT2D eigenvalue weighted by Gasteiger charge is 2.21. The molecule has 4 nitrogen and oxygen atoms in total. The number of hydrogen-bond acceptors (Lipinski definition) is 5. The number of thiophene rings is 1. The molecule has 0 atom stereocenters. The van der Waals surface area contributed by atoms with Crippen LogP contribution in [0, 0.1) is 0 Å². The summed E-state index contributed by atoms with van der Waals surface area (Å²) in [5.41, 5.74) is 0. The molecule has 0 saturated carbocycles. The van der Waals surface area contributed by atoms with E-state index in [9.17, 15) is 0 Å². The summed E-state index contributed by atoms with van der Waals surface area (Å²) in [6.07, 6.45) is 2.18. The van der Waals surface area contributed by atoms with Gasteiger partial charge in [0.05, 0.1) is 4.88 Å². The predicted octanol–water partition coefficient (Wildman–Crippen LogP) is 2.69. The van der Waals surface area contributed by atoms with Crippen LogP contribution in [0.25, 0.3) is 10.7 Å². The lowest BCUT2D eigenvalue weighted by atomic mass is 9.98. The molecule has 0 spiro atoms. The summed E-state index contributed by atoms with van der Waals surface area (Å²) >= 11 is 1.64. The summed E-state index contributed by atoms with van der Waals surface area (Å²) in [7, 11) is 0. The van der Waals surface area contributed by atoms with E-state index in [0.717, 1.165) is 42.5 Å². The molecule has 0 amide bonds. The molecule has 6 heteroatoms. The summed E-state index contributed by atoms with van der Waals surface area (Å²) in [5.74, 6) is 1.95. The maximum absolute atomic E-state index is 5.35. The molecule has 1 N–H and O–H groups in total. The summed E-state index contributed by atoms with van der Waals surface area (Å²) in [6.45, 7) is 2.09. The Morgan fingerprint density at radius 3 is 2.88 bits per heavy atom. The van der Waals surface area contributed by atoms with Crippen LogP contribution >= 0.6 is 23.7 Å². The Balaban J connectivity index is 0.00000108. The molecule has 3 heterocycles. The summed E-state index contributed by atoms with van der Waals surface area (Å²) < 4.78 is 5.35. The minimum absolute atomic E-state index is 0. The van der Waals surface area contributed by atoms with Crippen molar-refractivity contribution in [2.24, 2.45) is 0 Å². The number of piperidine rings is 1. The Labute approximate surface area is 110 Å². The third kappa shape index (κ3) is 2.68. The van der Waals surface area contributed by atoms with E-state index in [1.165, 1.54) is 0 Å². The van der Waals surface area contributed by atoms with Crippen molar-refractivity contribution in [1.29, 1.82) is 0 Å². The van der Waals surface area contributed by atoms with Gasteiger partial charge in [0.15, 0.2) is 0 Å². The molecule has 2 aromatic heterocycles. The fourth-order valence-corrected chi connectivity index (χ4v) is 2.62. The van der Waals surface area contributed by atoms with Gasteiger partial charge in [0.2, 0.25) is 11.7 Å². The van der Waals surface area contributed by atoms with Gasteiger partial charge in [-0.15, -0.1) is 23.7 Å². The van der Waals surface area contributed by atoms with Crippen molar-refractivity contribution >= 4 is 23.7 Å². The van der Waals surface area contributed by atoms with Gasteiger partial charge in [-0.25, -0.2) is 0 Å². The minimum Gasteiger partial charge on any atom is -0.339 e. The summed E-state index contributed by atoms with van der Waals surface area (Å²) in [5, 5.41) is 9.39. The van der Waals surface area contributed by atoms with Gasteiger partial charge in [0.25, 0.3) is 0 Å². The first-order chi connectivity index (χ1) is 7.93. The van der Waals surface area contributed by atoms with Gasteiger partial charge >= 0.3 is 0 Å². The number of nitrogens with zero attached hydrogens (tertiary/aromatic N) is 2. The van der Waals surface area contributed by atoms with E-state index in [0.29, 0.717) is 5.92 Å². The van der Waals surface area contributed by atoms with Crippen molar-refractivity contribution in [3.05, 3.63) is 23.4 Å². The Morgan fingerprint density at radius 2 is 2.18 bits per heavy atom. The Hall–Kier alpha value is -0.910. The number of nitrogens with one attached hydrogen (secondary N) is 1. The van der Waals surface area contributed by atoms with E-state index < -0.39 is 0 Å². The van der Waals surface area contributed by atoms with Crippen molar-refractivity contribution in [2.45, 2.75) is 18.8 Å². The van der Waals surface area contributed by atoms with E-state index >= 15 is 0 Å². The first-order valence-corrected chi connectivity index (χ1v) is 6.39. The molecule has 0 bridgehead atoms. The van der Waals surface area contributed by atoms with E-state index in [-0.39, 0.29) is 12.4 Å². The van der Waals surface area contributed by atoms with Crippen LogP contribution in [0.3, 0.4) is 0 Å². The Kier molecular flexibility index (Phi) is 4.15. The topological polar surface area (TPSA) is 51.0 Å². The third-order valence-corrected chi connectivity index (χ3v) is 3.74. The fraction of sp³-hybridized carbons (Fsp3) is 0.455. The Bertz CT molecular complexity index is 451. The van der Waals surface area contributed by atoms with Crippen LogP contribution < -0.4 is 5.32 Å². The van der Waals surface area contributed by atoms with Crippen molar-refractivity contribution < 1.29 is 4.52 Å². The van der Waals surface area contributed by atoms with Gasteiger partial charge in [-0.05, 0) is 37.4 Å². The lowest BCUT2D eigenvalue weighted by Crippen LogP contribution is -2.26. The average molecular weight is 272 g/mol. The number of hydrogen-bond donors (Lipinski definition) is 1. The van der Waals surface area contributed by atoms with Crippen molar-refractivity contribution in [1.82, 2.24) is 15.5 Å². The van der Waals surface area contributed by atoms with Crippen LogP contribution in [0.1, 0.15) is 24.7 Å². The lowest BCUT2D eigenvalue weighted by Gasteiger charge is -2.18. The molecular weight excluding hydrogens is 258 g/mol. The van der Waals surface area contributed by atoms with Crippen LogP contribution in [0.5, 0.6) is 0 Å². The third-order valence-electron chi connectivity index (χ3n) is 2.87. The van der Waals surface area contributed by atoms with Crippen LogP contribution in [-0.4, -0.2) is 23.2 Å². The van der Waals surface area contributed by atoms with Crippen molar-refractivity contribution in [3.8, 4) is 10.7 Å². The number of halogens is 1. The normalized spacial score (nSPS) is 16.7. The van der Waals surface area contributed by atoms with Crippen molar-refractivity contribution in [2.75, 3.05) is 13.1 Å². The predicted molar refractivity (Wildman–Crippen MR) is 69.7 cm³/mol. The molecule has 2 aromatic rings. The minimum atomic E-state index is 0. The highest BCUT2D eigenvalue weighted by molar-refractivity contribution is 7.13. The second-order valence-electron chi connectivity index (χ2n) is 3.96. The highest BCUT2D eigenvalue weighted by atomic mass is 35.5. The quantitative estimate of drug-likeness (QED) is 0.912. The van der Waals surface area contributed by atoms with Gasteiger partial charge in [-0.1, -0.05) is 11.2 Å². The lowest BCUT2D eigenvalue weighted by molar-refractivity contribution is 0.320. The molecule has 1 saturated heterocycles. The smallest absolute Gasteiger partial charge is 0.230 e. The fourth-order valence-electron chi connectivity index (χ4n) is 1.98. The molecule has 0 aromatic carbocycles. The van der Waals surface area contributed by atoms with Crippen LogP contribution in [0.2, 0.25) is 0 Å². The first-order valence-electron chi connectivity index (χ1n) is 5.51. The van der Waals surface area contributed by atoms with E-state index in [1.54, 1.807) is 11.3 Å². The Morgan fingerprint density at radius 1 is 1.35 bits per heavy atom. The van der Waals surface area contributed by atoms with Crippen molar-refractivity contribution in [3.63, 3.8) is 0 Å². The average Bonchev–Trinajstić information content (AvgIpc) is 3.01. The molecule has 17 heavy (non-hydrogen) atoms. The number of aromatic nitrogens is 2. The number of rotatable bonds is 2. The van der Waals surface area contributed by atoms with Crippen LogP contribution in [0.4, 0.5) is 0 Å². The van der Waals surface area contributed by atoms with Crippen LogP contribution in [0.15, 0.2) is 22.0 Å². The van der Waals surface area contributed by atoms with Gasteiger partial charge in [0.1, 0.15) is 0 Å². The molecule has 3 rings (SSSR count). The molecule has 0 unspecified atom stereocenters. The zero-order chi connectivity index (χ0) is 10.8. The molecule has 92 valence electrons. The van der Waals surface area contributed by atoms with Gasteiger partial charge in [-0.3, -0.25) is 0 Å². The summed E-state index contributed by atoms with van der Waals surface area (Å²) in [6, 6.07) is 4.02. The molecule has 1 fully saturated rings. The molecule has 1 aliphatic rings. The second-order valence-corrected chi connectivity index (χ2v) is 4.91. The summed E-state index contributed by atoms with van der Waals surface area (Å²) in [4.78, 5) is 5.55. The first kappa shape index (κ1) is 12.5. The molecule has 0 aliphatic carbocycles. The molecule has 1 aliphatic heterocycles. The van der Waals surface area contributed by atoms with E-state index in [2.05, 4.69) is 15.5 Å². The van der Waals surface area contributed by atoms with Gasteiger partial charge in [-0.2, -0.15) is 4.98 Å². The standard InChI is InChI=1S/C11H13N3OS.ClH/c1-2-9(16-7-1)10-13-11(15-14-10)8-3-5-12-6-4-8;/h1-2,7-8,12H,3-6H2;1H.